The van der Waals surface area contributed by atoms with Gasteiger partial charge in [0.1, 0.15) is 5.75 Å². The third kappa shape index (κ3) is 5.80. The number of hydrogen-bond donors (Lipinski definition) is 2. The molecule has 1 aromatic carbocycles. The van der Waals surface area contributed by atoms with Crippen LogP contribution in [-0.4, -0.2) is 18.6 Å². The maximum Gasteiger partial charge on any atom is 0.241 e. The van der Waals surface area contributed by atoms with Crippen molar-refractivity contribution in [3.8, 4) is 5.75 Å². The summed E-state index contributed by atoms with van der Waals surface area (Å²) in [5, 5.41) is 2.82. The van der Waals surface area contributed by atoms with Gasteiger partial charge in [-0.1, -0.05) is 33.8 Å². The minimum atomic E-state index is -0.548. The van der Waals surface area contributed by atoms with E-state index in [1.54, 1.807) is 0 Å². The fourth-order valence-electron chi connectivity index (χ4n) is 1.50. The van der Waals surface area contributed by atoms with Gasteiger partial charge in [0.2, 0.25) is 5.91 Å². The zero-order valence-corrected chi connectivity index (χ0v) is 13.4. The molecule has 0 aliphatic rings. The number of anilines is 1. The second kappa shape index (κ2) is 8.12. The maximum absolute atomic E-state index is 12.0. The highest BCUT2D eigenvalue weighted by Gasteiger charge is 2.27. The fourth-order valence-corrected chi connectivity index (χ4v) is 1.50. The Morgan fingerprint density at radius 3 is 2.60 bits per heavy atom. The average molecular weight is 301 g/mol. The summed E-state index contributed by atoms with van der Waals surface area (Å²) in [5.74, 6) is 0.573. The van der Waals surface area contributed by atoms with E-state index in [0.717, 1.165) is 12.2 Å². The summed E-state index contributed by atoms with van der Waals surface area (Å²) in [6.45, 7) is 8.54. The lowest BCUT2D eigenvalue weighted by Gasteiger charge is -2.25. The molecule has 114 valence electrons. The largest absolute Gasteiger partial charge is 0.494 e. The number of ether oxygens (including phenoxy) is 1. The summed E-state index contributed by atoms with van der Waals surface area (Å²) >= 11 is 0. The highest BCUT2D eigenvalue weighted by Crippen LogP contribution is 2.21. The SMILES string of the molecule is CCCOc1cccc(NC(=O)[C@@H](N)C(C)(C)C)c1.Cl. The van der Waals surface area contributed by atoms with Crippen molar-refractivity contribution in [1.82, 2.24) is 0 Å². The van der Waals surface area contributed by atoms with Gasteiger partial charge >= 0.3 is 0 Å². The molecule has 0 saturated heterocycles. The van der Waals surface area contributed by atoms with E-state index in [2.05, 4.69) is 5.32 Å². The molecule has 0 heterocycles. The first-order valence-corrected chi connectivity index (χ1v) is 6.64. The summed E-state index contributed by atoms with van der Waals surface area (Å²) in [5.41, 5.74) is 6.36. The van der Waals surface area contributed by atoms with Gasteiger partial charge in [-0.25, -0.2) is 0 Å². The lowest BCUT2D eigenvalue weighted by Crippen LogP contribution is -2.45. The summed E-state index contributed by atoms with van der Waals surface area (Å²) in [6.07, 6.45) is 0.950. The standard InChI is InChI=1S/C15H24N2O2.ClH/c1-5-9-19-12-8-6-7-11(10-12)17-14(18)13(16)15(2,3)4;/h6-8,10,13H,5,9,16H2,1-4H3,(H,17,18);1H/t13-;/m1./s1. The van der Waals surface area contributed by atoms with Crippen LogP contribution >= 0.6 is 12.4 Å². The van der Waals surface area contributed by atoms with Gasteiger partial charge in [0.05, 0.1) is 12.6 Å². The van der Waals surface area contributed by atoms with Crippen LogP contribution in [0.4, 0.5) is 5.69 Å². The number of benzene rings is 1. The van der Waals surface area contributed by atoms with Crippen LogP contribution < -0.4 is 15.8 Å². The van der Waals surface area contributed by atoms with Crippen LogP contribution in [0.2, 0.25) is 0 Å². The lowest BCUT2D eigenvalue weighted by atomic mass is 9.87. The number of carbonyl (C=O) groups excluding carboxylic acids is 1. The minimum absolute atomic E-state index is 0. The monoisotopic (exact) mass is 300 g/mol. The summed E-state index contributed by atoms with van der Waals surface area (Å²) in [6, 6.07) is 6.81. The molecule has 0 radical (unpaired) electrons. The lowest BCUT2D eigenvalue weighted by molar-refractivity contribution is -0.119. The van der Waals surface area contributed by atoms with Crippen LogP contribution in [-0.2, 0) is 4.79 Å². The van der Waals surface area contributed by atoms with Gasteiger partial charge in [0, 0.05) is 11.8 Å². The molecule has 20 heavy (non-hydrogen) atoms. The van der Waals surface area contributed by atoms with E-state index in [1.165, 1.54) is 0 Å². The zero-order chi connectivity index (χ0) is 14.5. The van der Waals surface area contributed by atoms with Crippen LogP contribution in [0.5, 0.6) is 5.75 Å². The highest BCUT2D eigenvalue weighted by molar-refractivity contribution is 5.95. The molecule has 0 saturated carbocycles. The van der Waals surface area contributed by atoms with Crippen molar-refractivity contribution < 1.29 is 9.53 Å². The van der Waals surface area contributed by atoms with Crippen molar-refractivity contribution in [1.29, 1.82) is 0 Å². The number of halogens is 1. The van der Waals surface area contributed by atoms with Gasteiger partial charge in [0.25, 0.3) is 0 Å². The molecule has 1 atom stereocenters. The van der Waals surface area contributed by atoms with E-state index in [1.807, 2.05) is 52.0 Å². The van der Waals surface area contributed by atoms with Crippen molar-refractivity contribution in [3.63, 3.8) is 0 Å². The first-order chi connectivity index (χ1) is 8.84. The maximum atomic E-state index is 12.0. The molecule has 0 bridgehead atoms. The van der Waals surface area contributed by atoms with Crippen molar-refractivity contribution in [2.75, 3.05) is 11.9 Å². The van der Waals surface area contributed by atoms with Crippen molar-refractivity contribution in [2.24, 2.45) is 11.1 Å². The van der Waals surface area contributed by atoms with E-state index < -0.39 is 6.04 Å². The Balaban J connectivity index is 0.00000361. The predicted octanol–water partition coefficient (Wildman–Crippen LogP) is 3.21. The topological polar surface area (TPSA) is 64.3 Å². The number of carbonyl (C=O) groups is 1. The molecule has 0 fully saturated rings. The summed E-state index contributed by atoms with van der Waals surface area (Å²) in [7, 11) is 0. The first-order valence-electron chi connectivity index (χ1n) is 6.64. The number of nitrogens with two attached hydrogens (primary N) is 1. The number of amides is 1. The van der Waals surface area contributed by atoms with Crippen LogP contribution in [0.3, 0.4) is 0 Å². The molecule has 0 aromatic heterocycles. The molecule has 0 aliphatic carbocycles. The van der Waals surface area contributed by atoms with E-state index in [4.69, 9.17) is 10.5 Å². The Morgan fingerprint density at radius 2 is 2.05 bits per heavy atom. The molecule has 0 unspecified atom stereocenters. The van der Waals surface area contributed by atoms with Gasteiger partial charge in [-0.2, -0.15) is 0 Å². The van der Waals surface area contributed by atoms with Gasteiger partial charge in [-0.05, 0) is 24.0 Å². The van der Waals surface area contributed by atoms with Crippen molar-refractivity contribution in [2.45, 2.75) is 40.2 Å². The molecule has 3 N–H and O–H groups in total. The van der Waals surface area contributed by atoms with E-state index in [-0.39, 0.29) is 23.7 Å². The Labute approximate surface area is 127 Å². The van der Waals surface area contributed by atoms with E-state index >= 15 is 0 Å². The fraction of sp³-hybridized carbons (Fsp3) is 0.533. The van der Waals surface area contributed by atoms with Gasteiger partial charge in [0.15, 0.2) is 0 Å². The number of hydrogen-bond acceptors (Lipinski definition) is 3. The Hall–Kier alpha value is -1.26. The average Bonchev–Trinajstić information content (AvgIpc) is 2.34. The molecule has 1 aromatic rings. The first kappa shape index (κ1) is 18.7. The second-order valence-corrected chi connectivity index (χ2v) is 5.71. The number of nitrogens with one attached hydrogen (secondary N) is 1. The van der Waals surface area contributed by atoms with E-state index in [9.17, 15) is 4.79 Å². The number of rotatable bonds is 5. The predicted molar refractivity (Wildman–Crippen MR) is 85.5 cm³/mol. The molecule has 0 spiro atoms. The van der Waals surface area contributed by atoms with Crippen LogP contribution in [0.25, 0.3) is 0 Å². The zero-order valence-electron chi connectivity index (χ0n) is 12.6. The van der Waals surface area contributed by atoms with E-state index in [0.29, 0.717) is 12.3 Å². The Bertz CT molecular complexity index is 430. The molecule has 0 aliphatic heterocycles. The molecule has 4 nitrogen and oxygen atoms in total. The van der Waals surface area contributed by atoms with Crippen LogP contribution in [0.1, 0.15) is 34.1 Å². The van der Waals surface area contributed by atoms with Gasteiger partial charge in [-0.15, -0.1) is 12.4 Å². The van der Waals surface area contributed by atoms with Gasteiger partial charge < -0.3 is 15.8 Å². The Kier molecular flexibility index (Phi) is 7.61. The quantitative estimate of drug-likeness (QED) is 0.877. The molecule has 1 amide bonds. The molecular weight excluding hydrogens is 276 g/mol. The van der Waals surface area contributed by atoms with Gasteiger partial charge in [-0.3, -0.25) is 4.79 Å². The molecule has 1 rings (SSSR count). The minimum Gasteiger partial charge on any atom is -0.494 e. The summed E-state index contributed by atoms with van der Waals surface area (Å²) in [4.78, 5) is 12.0. The molecule has 5 heteroatoms. The van der Waals surface area contributed by atoms with Crippen molar-refractivity contribution >= 4 is 24.0 Å². The summed E-state index contributed by atoms with van der Waals surface area (Å²) < 4.78 is 5.52. The third-order valence-electron chi connectivity index (χ3n) is 2.79. The highest BCUT2D eigenvalue weighted by atomic mass is 35.5. The third-order valence-corrected chi connectivity index (χ3v) is 2.79. The smallest absolute Gasteiger partial charge is 0.241 e. The van der Waals surface area contributed by atoms with Crippen LogP contribution in [0, 0.1) is 5.41 Å². The second-order valence-electron chi connectivity index (χ2n) is 5.71. The Morgan fingerprint density at radius 1 is 1.40 bits per heavy atom. The normalized spacial score (nSPS) is 12.2. The molecular formula is C15H25ClN2O2. The van der Waals surface area contributed by atoms with Crippen molar-refractivity contribution in [3.05, 3.63) is 24.3 Å². The van der Waals surface area contributed by atoms with Crippen LogP contribution in [0.15, 0.2) is 24.3 Å².